The Bertz CT molecular complexity index is 639. The van der Waals surface area contributed by atoms with E-state index in [1.807, 2.05) is 18.2 Å². The van der Waals surface area contributed by atoms with Crippen molar-refractivity contribution in [1.82, 2.24) is 5.32 Å². The van der Waals surface area contributed by atoms with Gasteiger partial charge in [0.05, 0.1) is 6.61 Å². The van der Waals surface area contributed by atoms with Crippen LogP contribution in [0.2, 0.25) is 0 Å². The maximum absolute atomic E-state index is 6.13. The summed E-state index contributed by atoms with van der Waals surface area (Å²) in [5.41, 5.74) is 3.51. The monoisotopic (exact) mass is 375 g/mol. The predicted molar refractivity (Wildman–Crippen MR) is 95.7 cm³/mol. The molecule has 0 bridgehead atoms. The standard InChI is InChI=1S/C19H22BrNO2/c1-14-9-17(20)10-16(11-21-18-7-8-22-13-18)19(14)23-12-15-5-3-2-4-6-15/h2-6,9-10,18,21H,7-8,11-13H2,1H3. The number of nitrogens with one attached hydrogen (secondary N) is 1. The molecular formula is C19H22BrNO2. The number of hydrogen-bond donors (Lipinski definition) is 1. The zero-order chi connectivity index (χ0) is 16.1. The van der Waals surface area contributed by atoms with E-state index in [1.54, 1.807) is 0 Å². The van der Waals surface area contributed by atoms with Gasteiger partial charge >= 0.3 is 0 Å². The van der Waals surface area contributed by atoms with E-state index in [1.165, 1.54) is 11.1 Å². The van der Waals surface area contributed by atoms with Gasteiger partial charge in [0, 0.05) is 29.2 Å². The molecule has 3 nitrogen and oxygen atoms in total. The molecule has 0 saturated carbocycles. The van der Waals surface area contributed by atoms with E-state index in [9.17, 15) is 0 Å². The van der Waals surface area contributed by atoms with Gasteiger partial charge in [-0.3, -0.25) is 0 Å². The highest BCUT2D eigenvalue weighted by Gasteiger charge is 2.16. The van der Waals surface area contributed by atoms with Crippen LogP contribution in [-0.2, 0) is 17.9 Å². The van der Waals surface area contributed by atoms with Crippen molar-refractivity contribution in [2.24, 2.45) is 0 Å². The molecule has 1 aliphatic heterocycles. The molecule has 0 aromatic heterocycles. The molecule has 1 N–H and O–H groups in total. The molecule has 0 spiro atoms. The topological polar surface area (TPSA) is 30.5 Å². The van der Waals surface area contributed by atoms with Gasteiger partial charge in [0.1, 0.15) is 12.4 Å². The second-order valence-electron chi connectivity index (χ2n) is 5.93. The van der Waals surface area contributed by atoms with Crippen LogP contribution in [0.5, 0.6) is 5.75 Å². The zero-order valence-corrected chi connectivity index (χ0v) is 14.9. The molecule has 2 aromatic rings. The van der Waals surface area contributed by atoms with Gasteiger partial charge in [-0.25, -0.2) is 0 Å². The summed E-state index contributed by atoms with van der Waals surface area (Å²) in [6, 6.07) is 14.9. The highest BCUT2D eigenvalue weighted by Crippen LogP contribution is 2.29. The molecule has 3 rings (SSSR count). The fourth-order valence-corrected chi connectivity index (χ4v) is 3.44. The third-order valence-corrected chi connectivity index (χ3v) is 4.51. The molecule has 122 valence electrons. The minimum atomic E-state index is 0.441. The lowest BCUT2D eigenvalue weighted by Crippen LogP contribution is -2.28. The number of halogens is 1. The molecule has 1 heterocycles. The molecule has 0 radical (unpaired) electrons. The quantitative estimate of drug-likeness (QED) is 0.819. The summed E-state index contributed by atoms with van der Waals surface area (Å²) in [4.78, 5) is 0. The van der Waals surface area contributed by atoms with E-state index in [0.29, 0.717) is 12.6 Å². The summed E-state index contributed by atoms with van der Waals surface area (Å²) in [7, 11) is 0. The second-order valence-corrected chi connectivity index (χ2v) is 6.84. The molecule has 1 unspecified atom stereocenters. The SMILES string of the molecule is Cc1cc(Br)cc(CNC2CCOC2)c1OCc1ccccc1. The first-order valence-electron chi connectivity index (χ1n) is 7.99. The Hall–Kier alpha value is -1.36. The molecule has 1 fully saturated rings. The van der Waals surface area contributed by atoms with E-state index in [2.05, 4.69) is 52.4 Å². The molecule has 2 aromatic carbocycles. The molecule has 1 atom stereocenters. The van der Waals surface area contributed by atoms with Crippen molar-refractivity contribution >= 4 is 15.9 Å². The summed E-state index contributed by atoms with van der Waals surface area (Å²) in [5.74, 6) is 0.975. The Kier molecular flexibility index (Phi) is 5.70. The second kappa shape index (κ2) is 7.95. The van der Waals surface area contributed by atoms with Crippen LogP contribution in [0.25, 0.3) is 0 Å². The maximum Gasteiger partial charge on any atom is 0.127 e. The van der Waals surface area contributed by atoms with Crippen molar-refractivity contribution in [1.29, 1.82) is 0 Å². The summed E-state index contributed by atoms with van der Waals surface area (Å²) < 4.78 is 12.6. The van der Waals surface area contributed by atoms with Crippen molar-refractivity contribution in [2.75, 3.05) is 13.2 Å². The Morgan fingerprint density at radius 2 is 2.09 bits per heavy atom. The summed E-state index contributed by atoms with van der Waals surface area (Å²) in [6.07, 6.45) is 1.08. The highest BCUT2D eigenvalue weighted by atomic mass is 79.9. The molecule has 23 heavy (non-hydrogen) atoms. The molecule has 1 saturated heterocycles. The van der Waals surface area contributed by atoms with Crippen molar-refractivity contribution in [2.45, 2.75) is 32.5 Å². The lowest BCUT2D eigenvalue weighted by atomic mass is 10.1. The van der Waals surface area contributed by atoms with Gasteiger partial charge < -0.3 is 14.8 Å². The minimum Gasteiger partial charge on any atom is -0.488 e. The number of aryl methyl sites for hydroxylation is 1. The molecule has 0 aliphatic carbocycles. The van der Waals surface area contributed by atoms with Gasteiger partial charge in [-0.05, 0) is 36.6 Å². The van der Waals surface area contributed by atoms with Crippen LogP contribution >= 0.6 is 15.9 Å². The first-order chi connectivity index (χ1) is 11.2. The van der Waals surface area contributed by atoms with Crippen LogP contribution in [-0.4, -0.2) is 19.3 Å². The van der Waals surface area contributed by atoms with Crippen molar-refractivity contribution in [3.8, 4) is 5.75 Å². The molecule has 1 aliphatic rings. The molecule has 4 heteroatoms. The van der Waals surface area contributed by atoms with Gasteiger partial charge in [-0.1, -0.05) is 46.3 Å². The van der Waals surface area contributed by atoms with E-state index in [0.717, 1.165) is 42.0 Å². The molecular weight excluding hydrogens is 354 g/mol. The number of ether oxygens (including phenoxy) is 2. The normalized spacial score (nSPS) is 17.4. The van der Waals surface area contributed by atoms with Crippen LogP contribution in [0.1, 0.15) is 23.1 Å². The van der Waals surface area contributed by atoms with Crippen LogP contribution in [0.3, 0.4) is 0 Å². The Morgan fingerprint density at radius 1 is 1.26 bits per heavy atom. The van der Waals surface area contributed by atoms with Gasteiger partial charge in [0.15, 0.2) is 0 Å². The minimum absolute atomic E-state index is 0.441. The Morgan fingerprint density at radius 3 is 2.83 bits per heavy atom. The van der Waals surface area contributed by atoms with E-state index in [-0.39, 0.29) is 0 Å². The zero-order valence-electron chi connectivity index (χ0n) is 13.3. The largest absolute Gasteiger partial charge is 0.488 e. The molecule has 0 amide bonds. The number of hydrogen-bond acceptors (Lipinski definition) is 3. The maximum atomic E-state index is 6.13. The van der Waals surface area contributed by atoms with Gasteiger partial charge in [0.2, 0.25) is 0 Å². The summed E-state index contributed by atoms with van der Waals surface area (Å²) in [5, 5.41) is 3.57. The van der Waals surface area contributed by atoms with Gasteiger partial charge in [-0.15, -0.1) is 0 Å². The van der Waals surface area contributed by atoms with Crippen LogP contribution in [0, 0.1) is 6.92 Å². The highest BCUT2D eigenvalue weighted by molar-refractivity contribution is 9.10. The third-order valence-electron chi connectivity index (χ3n) is 4.05. The Labute approximate surface area is 146 Å². The lowest BCUT2D eigenvalue weighted by molar-refractivity contribution is 0.189. The average Bonchev–Trinajstić information content (AvgIpc) is 3.06. The number of rotatable bonds is 6. The lowest BCUT2D eigenvalue weighted by Gasteiger charge is -2.17. The van der Waals surface area contributed by atoms with E-state index >= 15 is 0 Å². The predicted octanol–water partition coefficient (Wildman–Crippen LogP) is 4.22. The van der Waals surface area contributed by atoms with Gasteiger partial charge in [0.25, 0.3) is 0 Å². The van der Waals surface area contributed by atoms with E-state index < -0.39 is 0 Å². The number of benzene rings is 2. The smallest absolute Gasteiger partial charge is 0.127 e. The van der Waals surface area contributed by atoms with Gasteiger partial charge in [-0.2, -0.15) is 0 Å². The van der Waals surface area contributed by atoms with Crippen molar-refractivity contribution in [3.63, 3.8) is 0 Å². The third kappa shape index (κ3) is 4.56. The Balaban J connectivity index is 1.71. The summed E-state index contributed by atoms with van der Waals surface area (Å²) >= 11 is 3.59. The summed E-state index contributed by atoms with van der Waals surface area (Å²) in [6.45, 7) is 5.12. The fourth-order valence-electron chi connectivity index (χ4n) is 2.82. The van der Waals surface area contributed by atoms with Crippen LogP contribution in [0.4, 0.5) is 0 Å². The fraction of sp³-hybridized carbons (Fsp3) is 0.368. The first kappa shape index (κ1) is 16.5. The average molecular weight is 376 g/mol. The van der Waals surface area contributed by atoms with Crippen LogP contribution in [0.15, 0.2) is 46.9 Å². The first-order valence-corrected chi connectivity index (χ1v) is 8.78. The van der Waals surface area contributed by atoms with Crippen molar-refractivity contribution < 1.29 is 9.47 Å². The van der Waals surface area contributed by atoms with Crippen LogP contribution < -0.4 is 10.1 Å². The van der Waals surface area contributed by atoms with E-state index in [4.69, 9.17) is 9.47 Å². The van der Waals surface area contributed by atoms with Crippen molar-refractivity contribution in [3.05, 3.63) is 63.6 Å².